The van der Waals surface area contributed by atoms with Gasteiger partial charge < -0.3 is 5.32 Å². The molecule has 4 nitrogen and oxygen atoms in total. The molecule has 0 amide bonds. The topological polar surface area (TPSA) is 42.7 Å². The van der Waals surface area contributed by atoms with Gasteiger partial charge in [0, 0.05) is 30.6 Å². The van der Waals surface area contributed by atoms with Gasteiger partial charge in [0.2, 0.25) is 0 Å². The number of hydrogen-bond donors (Lipinski definition) is 1. The van der Waals surface area contributed by atoms with Crippen molar-refractivity contribution in [1.29, 1.82) is 0 Å². The number of pyridine rings is 1. The molecule has 0 radical (unpaired) electrons. The third kappa shape index (κ3) is 1.74. The Labute approximate surface area is 112 Å². The lowest BCUT2D eigenvalue weighted by molar-refractivity contribution is 0.285. The Morgan fingerprint density at radius 3 is 3.05 bits per heavy atom. The molecule has 4 heteroatoms. The van der Waals surface area contributed by atoms with Crippen LogP contribution in [0, 0.1) is 5.41 Å². The lowest BCUT2D eigenvalue weighted by atomic mass is 9.95. The summed E-state index contributed by atoms with van der Waals surface area (Å²) in [6.45, 7) is 3.44. The second-order valence-electron chi connectivity index (χ2n) is 5.99. The van der Waals surface area contributed by atoms with Crippen molar-refractivity contribution in [2.45, 2.75) is 32.2 Å². The Balaban J connectivity index is 1.76. The minimum atomic E-state index is 0.467. The molecular weight excluding hydrogens is 236 g/mol. The highest BCUT2D eigenvalue weighted by molar-refractivity contribution is 5.62. The van der Waals surface area contributed by atoms with E-state index in [1.54, 1.807) is 6.20 Å². The summed E-state index contributed by atoms with van der Waals surface area (Å²) in [5.41, 5.74) is 2.58. The van der Waals surface area contributed by atoms with E-state index >= 15 is 0 Å². The molecule has 2 aliphatic rings. The van der Waals surface area contributed by atoms with Gasteiger partial charge in [-0.3, -0.25) is 4.98 Å². The number of nitrogens with one attached hydrogen (secondary N) is 1. The van der Waals surface area contributed by atoms with Crippen molar-refractivity contribution < 1.29 is 0 Å². The molecule has 1 atom stereocenters. The lowest BCUT2D eigenvalue weighted by Gasteiger charge is -2.30. The first-order valence-corrected chi connectivity index (χ1v) is 7.00. The Kier molecular flexibility index (Phi) is 2.22. The van der Waals surface area contributed by atoms with Crippen molar-refractivity contribution in [3.8, 4) is 11.3 Å². The van der Waals surface area contributed by atoms with Gasteiger partial charge in [-0.05, 0) is 36.8 Å². The van der Waals surface area contributed by atoms with Crippen molar-refractivity contribution in [3.05, 3.63) is 30.6 Å². The Hall–Kier alpha value is -1.84. The molecule has 2 aromatic rings. The molecule has 1 unspecified atom stereocenters. The predicted molar refractivity (Wildman–Crippen MR) is 74.9 cm³/mol. The van der Waals surface area contributed by atoms with E-state index in [9.17, 15) is 0 Å². The molecule has 0 saturated heterocycles. The van der Waals surface area contributed by atoms with E-state index < -0.39 is 0 Å². The molecule has 1 aliphatic carbocycles. The fraction of sp³-hybridized carbons (Fsp3) is 0.467. The standard InChI is InChI=1S/C15H18N4/c1-15(5-6-15)13-4-8-17-14-9-12(18-19(13)14)11-3-2-7-16-10-11/h2-3,7,9-10,13,17H,4-6,8H2,1H3. The summed E-state index contributed by atoms with van der Waals surface area (Å²) in [6, 6.07) is 6.72. The van der Waals surface area contributed by atoms with Crippen molar-refractivity contribution >= 4 is 5.82 Å². The summed E-state index contributed by atoms with van der Waals surface area (Å²) in [5, 5.41) is 8.29. The Bertz CT molecular complexity index is 598. The highest BCUT2D eigenvalue weighted by Crippen LogP contribution is 2.56. The van der Waals surface area contributed by atoms with Gasteiger partial charge in [0.25, 0.3) is 0 Å². The maximum Gasteiger partial charge on any atom is 0.125 e. The van der Waals surface area contributed by atoms with Crippen LogP contribution in [0.2, 0.25) is 0 Å². The smallest absolute Gasteiger partial charge is 0.125 e. The van der Waals surface area contributed by atoms with Gasteiger partial charge in [-0.25, -0.2) is 4.68 Å². The number of fused-ring (bicyclic) bond motifs is 1. The summed E-state index contributed by atoms with van der Waals surface area (Å²) in [4.78, 5) is 4.18. The largest absolute Gasteiger partial charge is 0.370 e. The maximum absolute atomic E-state index is 4.82. The lowest BCUT2D eigenvalue weighted by Crippen LogP contribution is -2.28. The molecule has 0 spiro atoms. The van der Waals surface area contributed by atoms with Gasteiger partial charge in [-0.1, -0.05) is 6.92 Å². The summed E-state index contributed by atoms with van der Waals surface area (Å²) < 4.78 is 2.21. The monoisotopic (exact) mass is 254 g/mol. The molecule has 1 N–H and O–H groups in total. The first-order valence-electron chi connectivity index (χ1n) is 7.00. The van der Waals surface area contributed by atoms with Gasteiger partial charge in [-0.2, -0.15) is 5.10 Å². The van der Waals surface area contributed by atoms with Crippen LogP contribution < -0.4 is 5.32 Å². The van der Waals surface area contributed by atoms with Crippen molar-refractivity contribution in [2.24, 2.45) is 5.41 Å². The predicted octanol–water partition coefficient (Wildman–Crippen LogP) is 3.10. The zero-order valence-electron chi connectivity index (χ0n) is 11.1. The fourth-order valence-corrected chi connectivity index (χ4v) is 3.05. The first kappa shape index (κ1) is 11.0. The summed E-state index contributed by atoms with van der Waals surface area (Å²) >= 11 is 0. The van der Waals surface area contributed by atoms with Crippen LogP contribution in [0.3, 0.4) is 0 Å². The number of rotatable bonds is 2. The second-order valence-corrected chi connectivity index (χ2v) is 5.99. The van der Waals surface area contributed by atoms with E-state index in [1.807, 2.05) is 12.3 Å². The van der Waals surface area contributed by atoms with Crippen LogP contribution in [-0.2, 0) is 0 Å². The van der Waals surface area contributed by atoms with Crippen LogP contribution in [0.15, 0.2) is 30.6 Å². The van der Waals surface area contributed by atoms with Gasteiger partial charge in [0.05, 0.1) is 11.7 Å². The molecule has 1 saturated carbocycles. The highest BCUT2D eigenvalue weighted by atomic mass is 15.4. The molecule has 2 aromatic heterocycles. The second kappa shape index (κ2) is 3.83. The molecule has 0 bridgehead atoms. The average molecular weight is 254 g/mol. The average Bonchev–Trinajstić information content (AvgIpc) is 3.05. The van der Waals surface area contributed by atoms with E-state index in [2.05, 4.69) is 34.0 Å². The minimum absolute atomic E-state index is 0.467. The van der Waals surface area contributed by atoms with Crippen LogP contribution in [0.5, 0.6) is 0 Å². The fourth-order valence-electron chi connectivity index (χ4n) is 3.05. The zero-order valence-corrected chi connectivity index (χ0v) is 11.1. The summed E-state index contributed by atoms with van der Waals surface area (Å²) in [7, 11) is 0. The van der Waals surface area contributed by atoms with Crippen molar-refractivity contribution in [1.82, 2.24) is 14.8 Å². The van der Waals surface area contributed by atoms with E-state index in [0.29, 0.717) is 11.5 Å². The third-order valence-electron chi connectivity index (χ3n) is 4.56. The van der Waals surface area contributed by atoms with E-state index in [4.69, 9.17) is 5.10 Å². The van der Waals surface area contributed by atoms with Crippen LogP contribution in [0.4, 0.5) is 5.82 Å². The van der Waals surface area contributed by atoms with Crippen LogP contribution in [0.25, 0.3) is 11.3 Å². The quantitative estimate of drug-likeness (QED) is 0.895. The van der Waals surface area contributed by atoms with Crippen LogP contribution >= 0.6 is 0 Å². The maximum atomic E-state index is 4.82. The number of aromatic nitrogens is 3. The SMILES string of the molecule is CC1(C2CCNc3cc(-c4cccnc4)nn32)CC1. The Morgan fingerprint density at radius 1 is 1.42 bits per heavy atom. The normalized spacial score (nSPS) is 23.5. The third-order valence-corrected chi connectivity index (χ3v) is 4.56. The molecule has 3 heterocycles. The number of hydrogen-bond acceptors (Lipinski definition) is 3. The summed E-state index contributed by atoms with van der Waals surface area (Å²) in [6.07, 6.45) is 7.52. The minimum Gasteiger partial charge on any atom is -0.370 e. The Morgan fingerprint density at radius 2 is 2.32 bits per heavy atom. The van der Waals surface area contributed by atoms with Gasteiger partial charge in [0.1, 0.15) is 5.82 Å². The molecule has 0 aromatic carbocycles. The number of anilines is 1. The molecule has 98 valence electrons. The number of nitrogens with zero attached hydrogens (tertiary/aromatic N) is 3. The summed E-state index contributed by atoms with van der Waals surface area (Å²) in [5.74, 6) is 1.16. The van der Waals surface area contributed by atoms with Crippen molar-refractivity contribution in [3.63, 3.8) is 0 Å². The van der Waals surface area contributed by atoms with Gasteiger partial charge in [0.15, 0.2) is 0 Å². The van der Waals surface area contributed by atoms with Gasteiger partial charge in [-0.15, -0.1) is 0 Å². The molecule has 4 rings (SSSR count). The molecule has 1 fully saturated rings. The van der Waals surface area contributed by atoms with E-state index in [1.165, 1.54) is 19.3 Å². The molecular formula is C15H18N4. The van der Waals surface area contributed by atoms with E-state index in [0.717, 1.165) is 23.6 Å². The molecule has 19 heavy (non-hydrogen) atoms. The van der Waals surface area contributed by atoms with Crippen LogP contribution in [0.1, 0.15) is 32.2 Å². The highest BCUT2D eigenvalue weighted by Gasteiger charge is 2.47. The zero-order chi connectivity index (χ0) is 12.9. The van der Waals surface area contributed by atoms with Crippen LogP contribution in [-0.4, -0.2) is 21.3 Å². The van der Waals surface area contributed by atoms with Crippen molar-refractivity contribution in [2.75, 3.05) is 11.9 Å². The first-order chi connectivity index (χ1) is 9.26. The van der Waals surface area contributed by atoms with E-state index in [-0.39, 0.29) is 0 Å². The molecule has 1 aliphatic heterocycles. The van der Waals surface area contributed by atoms with Gasteiger partial charge >= 0.3 is 0 Å².